The fourth-order valence-electron chi connectivity index (χ4n) is 0.364. The summed E-state index contributed by atoms with van der Waals surface area (Å²) in [4.78, 5) is 10.6. The molecule has 3 heteroatoms. The summed E-state index contributed by atoms with van der Waals surface area (Å²) in [6.45, 7) is 14.1. The van der Waals surface area contributed by atoms with E-state index in [1.165, 1.54) is 6.42 Å². The Labute approximate surface area is 95.6 Å². The number of rotatable bonds is 2. The maximum atomic E-state index is 10.6. The molecule has 0 saturated carbocycles. The van der Waals surface area contributed by atoms with Crippen molar-refractivity contribution < 1.29 is 9.53 Å². The summed E-state index contributed by atoms with van der Waals surface area (Å²) in [7, 11) is 1.55. The van der Waals surface area contributed by atoms with E-state index in [-0.39, 0.29) is 12.2 Å². The molecule has 0 aliphatic heterocycles. The Hall–Kier alpha value is -0.730. The van der Waals surface area contributed by atoms with E-state index in [1.807, 2.05) is 34.6 Å². The smallest absolute Gasteiger partial charge is 0.407 e. The van der Waals surface area contributed by atoms with Gasteiger partial charge < -0.3 is 10.1 Å². The molecular weight excluding hydrogens is 190 g/mol. The van der Waals surface area contributed by atoms with Crippen LogP contribution in [0.15, 0.2) is 0 Å². The van der Waals surface area contributed by atoms with Crippen molar-refractivity contribution in [2.45, 2.75) is 61.0 Å². The van der Waals surface area contributed by atoms with Crippen molar-refractivity contribution in [1.29, 1.82) is 0 Å². The lowest BCUT2D eigenvalue weighted by Gasteiger charge is -2.15. The van der Waals surface area contributed by atoms with Gasteiger partial charge >= 0.3 is 6.09 Å². The third-order valence-corrected chi connectivity index (χ3v) is 1.44. The number of ether oxygens (including phenoxy) is 1. The average Bonchev–Trinajstić information content (AvgIpc) is 2.21. The second-order valence-corrected chi connectivity index (χ2v) is 3.31. The van der Waals surface area contributed by atoms with Crippen LogP contribution in [-0.2, 0) is 4.74 Å². The summed E-state index contributed by atoms with van der Waals surface area (Å²) >= 11 is 0. The summed E-state index contributed by atoms with van der Waals surface area (Å²) < 4.78 is 4.91. The van der Waals surface area contributed by atoms with E-state index in [0.717, 1.165) is 0 Å². The largest absolute Gasteiger partial charge is 0.446 e. The summed E-state index contributed by atoms with van der Waals surface area (Å²) in [5, 5.41) is 2.39. The van der Waals surface area contributed by atoms with Gasteiger partial charge in [-0.3, -0.25) is 0 Å². The van der Waals surface area contributed by atoms with Gasteiger partial charge in [0.1, 0.15) is 6.10 Å². The van der Waals surface area contributed by atoms with Crippen molar-refractivity contribution >= 4 is 6.09 Å². The van der Waals surface area contributed by atoms with Gasteiger partial charge in [0.25, 0.3) is 0 Å². The number of nitrogens with one attached hydrogen (secondary N) is 1. The molecule has 0 aromatic heterocycles. The third-order valence-electron chi connectivity index (χ3n) is 1.44. The summed E-state index contributed by atoms with van der Waals surface area (Å²) in [5.74, 6) is 0.372. The number of alkyl carbamates (subject to hydrolysis) is 1. The van der Waals surface area contributed by atoms with Gasteiger partial charge in [0, 0.05) is 7.05 Å². The van der Waals surface area contributed by atoms with Crippen LogP contribution in [-0.4, -0.2) is 19.2 Å². The van der Waals surface area contributed by atoms with E-state index < -0.39 is 0 Å². The van der Waals surface area contributed by atoms with Crippen LogP contribution in [0.3, 0.4) is 0 Å². The zero-order valence-electron chi connectivity index (χ0n) is 11.7. The molecule has 1 atom stereocenters. The van der Waals surface area contributed by atoms with Crippen molar-refractivity contribution in [2.24, 2.45) is 5.92 Å². The van der Waals surface area contributed by atoms with Crippen LogP contribution in [0.4, 0.5) is 4.79 Å². The molecule has 0 aliphatic rings. The highest BCUT2D eigenvalue weighted by Gasteiger charge is 2.10. The summed E-state index contributed by atoms with van der Waals surface area (Å²) in [5.41, 5.74) is 0. The van der Waals surface area contributed by atoms with E-state index >= 15 is 0 Å². The quantitative estimate of drug-likeness (QED) is 0.766. The Bertz CT molecular complexity index is 125. The predicted molar refractivity (Wildman–Crippen MR) is 67.2 cm³/mol. The topological polar surface area (TPSA) is 38.3 Å². The number of amides is 1. The molecule has 0 bridgehead atoms. The van der Waals surface area contributed by atoms with Gasteiger partial charge in [-0.15, -0.1) is 0 Å². The minimum atomic E-state index is -0.360. The first-order chi connectivity index (χ1) is 6.99. The van der Waals surface area contributed by atoms with Crippen LogP contribution in [0.1, 0.15) is 54.9 Å². The van der Waals surface area contributed by atoms with E-state index in [0.29, 0.717) is 5.92 Å². The molecule has 0 spiro atoms. The molecule has 3 nitrogen and oxygen atoms in total. The molecule has 0 heterocycles. The minimum Gasteiger partial charge on any atom is -0.446 e. The predicted octanol–water partition coefficient (Wildman–Crippen LogP) is 3.83. The van der Waals surface area contributed by atoms with Gasteiger partial charge in [0.05, 0.1) is 0 Å². The molecule has 0 radical (unpaired) electrons. The summed E-state index contributed by atoms with van der Waals surface area (Å²) in [6.07, 6.45) is 0.876. The third kappa shape index (κ3) is 19.6. The fourth-order valence-corrected chi connectivity index (χ4v) is 0.364. The summed E-state index contributed by atoms with van der Waals surface area (Å²) in [6, 6.07) is 0. The standard InChI is InChI=1S/C7H15NO2.C3H8.C2H6/c1-5(2)6(3)10-7(9)8-4;1-3-2;1-2/h5-6H,1-4H3,(H,8,9);3H2,1-2H3;1-2H3. The highest BCUT2D eigenvalue weighted by Crippen LogP contribution is 2.04. The first-order valence-electron chi connectivity index (χ1n) is 5.87. The molecule has 1 N–H and O–H groups in total. The van der Waals surface area contributed by atoms with Crippen molar-refractivity contribution in [3.8, 4) is 0 Å². The molecular formula is C12H29NO2. The Morgan fingerprint density at radius 3 is 1.73 bits per heavy atom. The Balaban J connectivity index is -0.000000245. The zero-order valence-corrected chi connectivity index (χ0v) is 11.7. The van der Waals surface area contributed by atoms with Crippen molar-refractivity contribution in [2.75, 3.05) is 7.05 Å². The number of hydrogen-bond acceptors (Lipinski definition) is 2. The minimum absolute atomic E-state index is 0.0139. The molecule has 94 valence electrons. The first-order valence-corrected chi connectivity index (χ1v) is 5.87. The van der Waals surface area contributed by atoms with Gasteiger partial charge in [0.15, 0.2) is 0 Å². The SMILES string of the molecule is CC.CCC.CNC(=O)OC(C)C(C)C. The van der Waals surface area contributed by atoms with Crippen LogP contribution >= 0.6 is 0 Å². The second-order valence-electron chi connectivity index (χ2n) is 3.31. The Morgan fingerprint density at radius 2 is 1.53 bits per heavy atom. The van der Waals surface area contributed by atoms with E-state index in [9.17, 15) is 4.79 Å². The lowest BCUT2D eigenvalue weighted by molar-refractivity contribution is 0.0838. The zero-order chi connectivity index (χ0) is 12.9. The molecule has 0 rings (SSSR count). The average molecular weight is 219 g/mol. The van der Waals surface area contributed by atoms with Gasteiger partial charge in [-0.2, -0.15) is 0 Å². The fraction of sp³-hybridized carbons (Fsp3) is 0.917. The van der Waals surface area contributed by atoms with E-state index in [1.54, 1.807) is 7.05 Å². The Kier molecular flexibility index (Phi) is 20.7. The second kappa shape index (κ2) is 15.7. The number of hydrogen-bond donors (Lipinski definition) is 1. The highest BCUT2D eigenvalue weighted by atomic mass is 16.6. The number of carbonyl (C=O) groups excluding carboxylic acids is 1. The maximum Gasteiger partial charge on any atom is 0.407 e. The molecule has 15 heavy (non-hydrogen) atoms. The normalized spacial score (nSPS) is 10.2. The van der Waals surface area contributed by atoms with Crippen LogP contribution in [0.2, 0.25) is 0 Å². The lowest BCUT2D eigenvalue weighted by atomic mass is 10.1. The van der Waals surface area contributed by atoms with Crippen LogP contribution < -0.4 is 5.32 Å². The van der Waals surface area contributed by atoms with Crippen LogP contribution in [0.25, 0.3) is 0 Å². The van der Waals surface area contributed by atoms with Crippen LogP contribution in [0.5, 0.6) is 0 Å². The monoisotopic (exact) mass is 219 g/mol. The molecule has 0 fully saturated rings. The maximum absolute atomic E-state index is 10.6. The van der Waals surface area contributed by atoms with Gasteiger partial charge in [-0.25, -0.2) is 4.79 Å². The molecule has 0 aliphatic carbocycles. The first kappa shape index (κ1) is 19.8. The highest BCUT2D eigenvalue weighted by molar-refractivity contribution is 5.66. The van der Waals surface area contributed by atoms with Gasteiger partial charge in [0.2, 0.25) is 0 Å². The number of carbonyl (C=O) groups is 1. The van der Waals surface area contributed by atoms with Crippen molar-refractivity contribution in [1.82, 2.24) is 5.32 Å². The molecule has 0 aromatic rings. The van der Waals surface area contributed by atoms with Crippen molar-refractivity contribution in [3.05, 3.63) is 0 Å². The lowest BCUT2D eigenvalue weighted by Crippen LogP contribution is -2.27. The van der Waals surface area contributed by atoms with Gasteiger partial charge in [-0.05, 0) is 12.8 Å². The molecule has 1 amide bonds. The van der Waals surface area contributed by atoms with E-state index in [2.05, 4.69) is 19.2 Å². The van der Waals surface area contributed by atoms with Crippen molar-refractivity contribution in [3.63, 3.8) is 0 Å². The van der Waals surface area contributed by atoms with E-state index in [4.69, 9.17) is 4.74 Å². The van der Waals surface area contributed by atoms with Crippen LogP contribution in [0, 0.1) is 5.92 Å². The molecule has 1 unspecified atom stereocenters. The Morgan fingerprint density at radius 1 is 1.20 bits per heavy atom. The molecule has 0 saturated heterocycles. The van der Waals surface area contributed by atoms with Gasteiger partial charge in [-0.1, -0.05) is 48.0 Å². The molecule has 0 aromatic carbocycles.